The maximum Gasteiger partial charge on any atom is 0.186 e. The van der Waals surface area contributed by atoms with Gasteiger partial charge in [0.1, 0.15) is 23.9 Å². The Balaban J connectivity index is 2.20. The zero-order valence-corrected chi connectivity index (χ0v) is 12.6. The first kappa shape index (κ1) is 17.1. The van der Waals surface area contributed by atoms with Crippen molar-refractivity contribution in [2.45, 2.75) is 75.7 Å². The molecule has 21 heavy (non-hydrogen) atoms. The average molecular weight is 304 g/mol. The molecular formula is C15H28O6. The van der Waals surface area contributed by atoms with E-state index in [1.165, 1.54) is 0 Å². The highest BCUT2D eigenvalue weighted by molar-refractivity contribution is 5.06. The predicted octanol–water partition coefficient (Wildman–Crippen LogP) is 0.163. The van der Waals surface area contributed by atoms with Gasteiger partial charge in [0.2, 0.25) is 0 Å². The lowest BCUT2D eigenvalue weighted by atomic mass is 9.68. The molecule has 124 valence electrons. The molecule has 0 amide bonds. The summed E-state index contributed by atoms with van der Waals surface area (Å²) in [6.45, 7) is 1.90. The maximum atomic E-state index is 11.0. The molecule has 0 aromatic rings. The van der Waals surface area contributed by atoms with E-state index in [9.17, 15) is 20.4 Å². The highest BCUT2D eigenvalue weighted by Gasteiger charge is 2.58. The van der Waals surface area contributed by atoms with Gasteiger partial charge in [-0.3, -0.25) is 0 Å². The van der Waals surface area contributed by atoms with Crippen LogP contribution in [0.5, 0.6) is 0 Å². The van der Waals surface area contributed by atoms with Gasteiger partial charge >= 0.3 is 0 Å². The van der Waals surface area contributed by atoms with E-state index in [1.807, 2.05) is 6.92 Å². The minimum atomic E-state index is -1.69. The van der Waals surface area contributed by atoms with Gasteiger partial charge < -0.3 is 29.9 Å². The lowest BCUT2D eigenvalue weighted by Gasteiger charge is -2.52. The summed E-state index contributed by atoms with van der Waals surface area (Å²) in [6.07, 6.45) is 0.711. The minimum Gasteiger partial charge on any atom is -0.394 e. The molecule has 4 N–H and O–H groups in total. The topological polar surface area (TPSA) is 99.4 Å². The SMILES string of the molecule is CCCOC1O[C@H](CO)[C@@H](O)[C@@](O)(C2CCCCC2)[C@H]1O. The fraction of sp³-hybridized carbons (Fsp3) is 1.00. The highest BCUT2D eigenvalue weighted by atomic mass is 16.7. The molecule has 1 saturated carbocycles. The summed E-state index contributed by atoms with van der Waals surface area (Å²) in [6, 6.07) is 0. The normalized spacial score (nSPS) is 42.1. The summed E-state index contributed by atoms with van der Waals surface area (Å²) < 4.78 is 10.9. The lowest BCUT2D eigenvalue weighted by molar-refractivity contribution is -0.345. The van der Waals surface area contributed by atoms with E-state index in [0.717, 1.165) is 38.5 Å². The Bertz CT molecular complexity index is 315. The van der Waals surface area contributed by atoms with Gasteiger partial charge in [0.05, 0.1) is 6.61 Å². The number of aliphatic hydroxyl groups is 4. The predicted molar refractivity (Wildman–Crippen MR) is 75.5 cm³/mol. The van der Waals surface area contributed by atoms with Crippen LogP contribution in [0.1, 0.15) is 45.4 Å². The fourth-order valence-corrected chi connectivity index (χ4v) is 3.57. The molecule has 5 atom stereocenters. The Kier molecular flexibility index (Phi) is 5.99. The van der Waals surface area contributed by atoms with Crippen LogP contribution in [-0.4, -0.2) is 63.8 Å². The summed E-state index contributed by atoms with van der Waals surface area (Å²) in [5.74, 6) is -0.207. The summed E-state index contributed by atoms with van der Waals surface area (Å²) in [7, 11) is 0. The van der Waals surface area contributed by atoms with Crippen LogP contribution in [0.15, 0.2) is 0 Å². The number of hydrogen-bond acceptors (Lipinski definition) is 6. The lowest BCUT2D eigenvalue weighted by Crippen LogP contribution is -2.70. The van der Waals surface area contributed by atoms with E-state index in [4.69, 9.17) is 9.47 Å². The Morgan fingerprint density at radius 2 is 1.81 bits per heavy atom. The molecule has 1 unspecified atom stereocenters. The van der Waals surface area contributed by atoms with Gasteiger partial charge in [0.25, 0.3) is 0 Å². The zero-order chi connectivity index (χ0) is 15.5. The first-order valence-corrected chi connectivity index (χ1v) is 8.02. The van der Waals surface area contributed by atoms with Crippen molar-refractivity contribution in [3.8, 4) is 0 Å². The Morgan fingerprint density at radius 3 is 2.38 bits per heavy atom. The van der Waals surface area contributed by atoms with Crippen LogP contribution in [0.2, 0.25) is 0 Å². The van der Waals surface area contributed by atoms with Gasteiger partial charge in [-0.15, -0.1) is 0 Å². The molecule has 2 aliphatic rings. The molecule has 6 nitrogen and oxygen atoms in total. The number of aliphatic hydroxyl groups excluding tert-OH is 3. The van der Waals surface area contributed by atoms with Crippen molar-refractivity contribution >= 4 is 0 Å². The molecule has 0 aromatic carbocycles. The zero-order valence-electron chi connectivity index (χ0n) is 12.6. The first-order chi connectivity index (χ1) is 10.1. The van der Waals surface area contributed by atoms with Crippen molar-refractivity contribution in [3.05, 3.63) is 0 Å². The van der Waals surface area contributed by atoms with Crippen molar-refractivity contribution in [3.63, 3.8) is 0 Å². The van der Waals surface area contributed by atoms with Crippen LogP contribution < -0.4 is 0 Å². The fourth-order valence-electron chi connectivity index (χ4n) is 3.57. The molecule has 0 aromatic heterocycles. The third-order valence-corrected chi connectivity index (χ3v) is 4.79. The summed E-state index contributed by atoms with van der Waals surface area (Å²) in [5.41, 5.74) is -1.69. The van der Waals surface area contributed by atoms with Gasteiger partial charge in [-0.2, -0.15) is 0 Å². The van der Waals surface area contributed by atoms with Crippen molar-refractivity contribution in [1.29, 1.82) is 0 Å². The standard InChI is InChI=1S/C15H28O6/c1-2-8-20-14-13(18)15(19,10-6-4-3-5-7-10)12(17)11(9-16)21-14/h10-14,16-19H,2-9H2,1H3/t11-,12-,13+,14?,15+/m1/s1. The van der Waals surface area contributed by atoms with Crippen LogP contribution >= 0.6 is 0 Å². The third-order valence-electron chi connectivity index (χ3n) is 4.79. The summed E-state index contributed by atoms with van der Waals surface area (Å²) in [4.78, 5) is 0. The van der Waals surface area contributed by atoms with Crippen molar-refractivity contribution in [1.82, 2.24) is 0 Å². The van der Waals surface area contributed by atoms with E-state index in [-0.39, 0.29) is 5.92 Å². The van der Waals surface area contributed by atoms with Gasteiger partial charge in [0.15, 0.2) is 6.29 Å². The number of ether oxygens (including phenoxy) is 2. The van der Waals surface area contributed by atoms with E-state index >= 15 is 0 Å². The Morgan fingerprint density at radius 1 is 1.14 bits per heavy atom. The second-order valence-electron chi connectivity index (χ2n) is 6.21. The van der Waals surface area contributed by atoms with E-state index in [1.54, 1.807) is 0 Å². The first-order valence-electron chi connectivity index (χ1n) is 8.02. The molecule has 0 spiro atoms. The summed E-state index contributed by atoms with van der Waals surface area (Å²) >= 11 is 0. The van der Waals surface area contributed by atoms with Crippen LogP contribution in [0, 0.1) is 5.92 Å². The van der Waals surface area contributed by atoms with Gasteiger partial charge in [-0.25, -0.2) is 0 Å². The largest absolute Gasteiger partial charge is 0.394 e. The van der Waals surface area contributed by atoms with E-state index in [0.29, 0.717) is 6.61 Å². The van der Waals surface area contributed by atoms with Gasteiger partial charge in [0, 0.05) is 6.61 Å². The van der Waals surface area contributed by atoms with Crippen molar-refractivity contribution < 1.29 is 29.9 Å². The molecular weight excluding hydrogens is 276 g/mol. The molecule has 2 rings (SSSR count). The van der Waals surface area contributed by atoms with Gasteiger partial charge in [-0.1, -0.05) is 26.2 Å². The molecule has 6 heteroatoms. The maximum absolute atomic E-state index is 11.0. The molecule has 1 heterocycles. The third kappa shape index (κ3) is 3.25. The second kappa shape index (κ2) is 7.35. The quantitative estimate of drug-likeness (QED) is 0.577. The van der Waals surface area contributed by atoms with Crippen LogP contribution in [0.3, 0.4) is 0 Å². The Labute approximate surface area is 125 Å². The molecule has 0 bridgehead atoms. The average Bonchev–Trinajstić information content (AvgIpc) is 2.53. The van der Waals surface area contributed by atoms with Crippen LogP contribution in [0.25, 0.3) is 0 Å². The van der Waals surface area contributed by atoms with E-state index < -0.39 is 36.8 Å². The minimum absolute atomic E-state index is 0.207. The molecule has 1 aliphatic carbocycles. The second-order valence-corrected chi connectivity index (χ2v) is 6.21. The highest BCUT2D eigenvalue weighted by Crippen LogP contribution is 2.42. The number of rotatable bonds is 5. The van der Waals surface area contributed by atoms with Crippen molar-refractivity contribution in [2.24, 2.45) is 5.92 Å². The monoisotopic (exact) mass is 304 g/mol. The molecule has 0 radical (unpaired) electrons. The molecule has 2 fully saturated rings. The van der Waals surface area contributed by atoms with Crippen LogP contribution in [0.4, 0.5) is 0 Å². The Hall–Kier alpha value is -0.240. The van der Waals surface area contributed by atoms with Gasteiger partial charge in [-0.05, 0) is 25.2 Å². The smallest absolute Gasteiger partial charge is 0.186 e. The summed E-state index contributed by atoms with van der Waals surface area (Å²) in [5, 5.41) is 41.3. The van der Waals surface area contributed by atoms with E-state index in [2.05, 4.69) is 0 Å². The number of hydrogen-bond donors (Lipinski definition) is 4. The molecule has 1 aliphatic heterocycles. The van der Waals surface area contributed by atoms with Crippen molar-refractivity contribution in [2.75, 3.05) is 13.2 Å². The van der Waals surface area contributed by atoms with Crippen LogP contribution in [-0.2, 0) is 9.47 Å². The molecule has 1 saturated heterocycles.